The first kappa shape index (κ1) is 16.7. The van der Waals surface area contributed by atoms with Crippen molar-refractivity contribution in [2.45, 2.75) is 58.8 Å². The van der Waals surface area contributed by atoms with E-state index >= 15 is 0 Å². The average molecular weight is 332 g/mol. The van der Waals surface area contributed by atoms with Crippen LogP contribution in [0.1, 0.15) is 73.1 Å². The predicted molar refractivity (Wildman–Crippen MR) is 86.9 cm³/mol. The molecule has 24 heavy (non-hydrogen) atoms. The van der Waals surface area contributed by atoms with Crippen molar-refractivity contribution in [1.29, 1.82) is 0 Å². The van der Waals surface area contributed by atoms with Crippen molar-refractivity contribution in [3.8, 4) is 0 Å². The van der Waals surface area contributed by atoms with Gasteiger partial charge in [-0.15, -0.1) is 10.2 Å². The molecule has 0 saturated carbocycles. The van der Waals surface area contributed by atoms with Crippen LogP contribution in [0.25, 0.3) is 0 Å². The number of carbonyl (C=O) groups excluding carboxylic acids is 1. The largest absolute Gasteiger partial charge is 0.425 e. The van der Waals surface area contributed by atoms with Crippen LogP contribution in [0, 0.1) is 13.8 Å². The van der Waals surface area contributed by atoms with E-state index in [9.17, 15) is 4.79 Å². The average Bonchev–Trinajstić information content (AvgIpc) is 3.12. The van der Waals surface area contributed by atoms with Gasteiger partial charge in [0.2, 0.25) is 11.8 Å². The Labute approximate surface area is 141 Å². The van der Waals surface area contributed by atoms with E-state index in [2.05, 4.69) is 15.4 Å². The minimum atomic E-state index is -0.234. The summed E-state index contributed by atoms with van der Waals surface area (Å²) in [5.41, 5.74) is 1.09. The van der Waals surface area contributed by atoms with Gasteiger partial charge in [0.1, 0.15) is 17.0 Å². The molecule has 0 unspecified atom stereocenters. The molecule has 0 atom stereocenters. The summed E-state index contributed by atoms with van der Waals surface area (Å²) >= 11 is 0. The van der Waals surface area contributed by atoms with Gasteiger partial charge in [-0.1, -0.05) is 25.9 Å². The van der Waals surface area contributed by atoms with E-state index in [1.54, 1.807) is 13.8 Å². The SMILES string of the molecule is Cc1nnc(C2CCN(C(=O)c3c(C(C)(C)C)noc3C)CC2)o1. The van der Waals surface area contributed by atoms with Crippen LogP contribution in [0.2, 0.25) is 0 Å². The number of rotatable bonds is 2. The fraction of sp³-hybridized carbons (Fsp3) is 0.647. The summed E-state index contributed by atoms with van der Waals surface area (Å²) in [5.74, 6) is 2.06. The smallest absolute Gasteiger partial charge is 0.259 e. The summed E-state index contributed by atoms with van der Waals surface area (Å²) in [7, 11) is 0. The summed E-state index contributed by atoms with van der Waals surface area (Å²) in [6, 6.07) is 0. The van der Waals surface area contributed by atoms with Crippen LogP contribution >= 0.6 is 0 Å². The van der Waals surface area contributed by atoms with Crippen molar-refractivity contribution in [3.63, 3.8) is 0 Å². The molecule has 7 nitrogen and oxygen atoms in total. The van der Waals surface area contributed by atoms with Gasteiger partial charge in [0.05, 0.1) is 0 Å². The van der Waals surface area contributed by atoms with Crippen molar-refractivity contribution < 1.29 is 13.7 Å². The van der Waals surface area contributed by atoms with E-state index in [1.165, 1.54) is 0 Å². The zero-order valence-corrected chi connectivity index (χ0v) is 14.9. The van der Waals surface area contributed by atoms with Crippen molar-refractivity contribution in [2.24, 2.45) is 0 Å². The van der Waals surface area contributed by atoms with Gasteiger partial charge in [-0.05, 0) is 19.8 Å². The van der Waals surface area contributed by atoms with Crippen molar-refractivity contribution in [2.75, 3.05) is 13.1 Å². The number of piperidine rings is 1. The Morgan fingerprint density at radius 1 is 1.17 bits per heavy atom. The van der Waals surface area contributed by atoms with Crippen LogP contribution in [-0.2, 0) is 5.41 Å². The van der Waals surface area contributed by atoms with E-state index in [-0.39, 0.29) is 17.2 Å². The molecule has 2 aromatic heterocycles. The Bertz CT molecular complexity index is 733. The molecule has 1 aliphatic rings. The lowest BCUT2D eigenvalue weighted by Crippen LogP contribution is -2.39. The molecule has 0 bridgehead atoms. The van der Waals surface area contributed by atoms with Crippen LogP contribution in [0.3, 0.4) is 0 Å². The number of carbonyl (C=O) groups is 1. The van der Waals surface area contributed by atoms with Gasteiger partial charge in [-0.3, -0.25) is 4.79 Å². The molecule has 0 aromatic carbocycles. The molecular weight excluding hydrogens is 308 g/mol. The highest BCUT2D eigenvalue weighted by atomic mass is 16.5. The van der Waals surface area contributed by atoms with E-state index in [1.807, 2.05) is 25.7 Å². The van der Waals surface area contributed by atoms with E-state index < -0.39 is 0 Å². The van der Waals surface area contributed by atoms with Gasteiger partial charge in [-0.2, -0.15) is 0 Å². The maximum absolute atomic E-state index is 13.0. The Kier molecular flexibility index (Phi) is 4.19. The molecule has 7 heteroatoms. The maximum atomic E-state index is 13.0. The number of nitrogens with zero attached hydrogens (tertiary/aromatic N) is 4. The second kappa shape index (κ2) is 6.03. The molecular formula is C17H24N4O3. The highest BCUT2D eigenvalue weighted by Crippen LogP contribution is 2.31. The highest BCUT2D eigenvalue weighted by Gasteiger charge is 2.34. The molecule has 1 saturated heterocycles. The molecule has 130 valence electrons. The standard InChI is InChI=1S/C17H24N4O3/c1-10-13(14(20-24-10)17(3,4)5)16(22)21-8-6-12(7-9-21)15-19-18-11(2)23-15/h12H,6-9H2,1-5H3. The minimum Gasteiger partial charge on any atom is -0.425 e. The lowest BCUT2D eigenvalue weighted by Gasteiger charge is -2.31. The van der Waals surface area contributed by atoms with Crippen LogP contribution in [0.5, 0.6) is 0 Å². The summed E-state index contributed by atoms with van der Waals surface area (Å²) in [6.45, 7) is 11.0. The molecule has 0 radical (unpaired) electrons. The van der Waals surface area contributed by atoms with Crippen molar-refractivity contribution in [1.82, 2.24) is 20.3 Å². The topological polar surface area (TPSA) is 85.3 Å². The first-order valence-electron chi connectivity index (χ1n) is 8.33. The third kappa shape index (κ3) is 3.07. The lowest BCUT2D eigenvalue weighted by atomic mass is 9.88. The van der Waals surface area contributed by atoms with Gasteiger partial charge in [0.15, 0.2) is 0 Å². The first-order chi connectivity index (χ1) is 11.3. The molecule has 1 fully saturated rings. The Balaban J connectivity index is 1.73. The summed E-state index contributed by atoms with van der Waals surface area (Å²) < 4.78 is 10.8. The molecule has 2 aromatic rings. The summed E-state index contributed by atoms with van der Waals surface area (Å²) in [4.78, 5) is 14.8. The van der Waals surface area contributed by atoms with Crippen LogP contribution in [0.4, 0.5) is 0 Å². The normalized spacial score (nSPS) is 16.6. The van der Waals surface area contributed by atoms with Gasteiger partial charge in [0, 0.05) is 31.3 Å². The zero-order valence-electron chi connectivity index (χ0n) is 14.9. The van der Waals surface area contributed by atoms with Crippen LogP contribution < -0.4 is 0 Å². The maximum Gasteiger partial charge on any atom is 0.259 e. The van der Waals surface area contributed by atoms with E-state index in [4.69, 9.17) is 8.94 Å². The van der Waals surface area contributed by atoms with Crippen LogP contribution in [0.15, 0.2) is 8.94 Å². The molecule has 0 spiro atoms. The van der Waals surface area contributed by atoms with Crippen molar-refractivity contribution >= 4 is 5.91 Å². The van der Waals surface area contributed by atoms with Gasteiger partial charge in [0.25, 0.3) is 5.91 Å². The molecule has 3 heterocycles. The highest BCUT2D eigenvalue weighted by molar-refractivity contribution is 5.96. The fourth-order valence-electron chi connectivity index (χ4n) is 3.10. The number of aromatic nitrogens is 3. The number of hydrogen-bond acceptors (Lipinski definition) is 6. The van der Waals surface area contributed by atoms with Gasteiger partial charge in [-0.25, -0.2) is 0 Å². The van der Waals surface area contributed by atoms with Crippen LogP contribution in [-0.4, -0.2) is 39.3 Å². The first-order valence-corrected chi connectivity index (χ1v) is 8.33. The molecule has 3 rings (SSSR count). The van der Waals surface area contributed by atoms with E-state index in [0.717, 1.165) is 18.5 Å². The van der Waals surface area contributed by atoms with Gasteiger partial charge < -0.3 is 13.8 Å². The third-order valence-corrected chi connectivity index (χ3v) is 4.46. The van der Waals surface area contributed by atoms with E-state index in [0.29, 0.717) is 36.2 Å². The zero-order chi connectivity index (χ0) is 17.5. The minimum absolute atomic E-state index is 0.00108. The number of likely N-dealkylation sites (tertiary alicyclic amines) is 1. The van der Waals surface area contributed by atoms with Gasteiger partial charge >= 0.3 is 0 Å². The predicted octanol–water partition coefficient (Wildman–Crippen LogP) is 2.99. The summed E-state index contributed by atoms with van der Waals surface area (Å²) in [6.07, 6.45) is 1.64. The Hall–Kier alpha value is -2.18. The third-order valence-electron chi connectivity index (χ3n) is 4.46. The number of aryl methyl sites for hydroxylation is 2. The molecule has 1 aliphatic heterocycles. The molecule has 0 aliphatic carbocycles. The fourth-order valence-corrected chi connectivity index (χ4v) is 3.10. The quantitative estimate of drug-likeness (QED) is 0.840. The summed E-state index contributed by atoms with van der Waals surface area (Å²) in [5, 5.41) is 12.1. The Morgan fingerprint density at radius 3 is 2.38 bits per heavy atom. The number of hydrogen-bond donors (Lipinski definition) is 0. The number of amides is 1. The molecule has 1 amide bonds. The second-order valence-corrected chi connectivity index (χ2v) is 7.44. The second-order valence-electron chi connectivity index (χ2n) is 7.44. The monoisotopic (exact) mass is 332 g/mol. The van der Waals surface area contributed by atoms with Crippen molar-refractivity contribution in [3.05, 3.63) is 28.8 Å². The molecule has 0 N–H and O–H groups in total. The Morgan fingerprint density at radius 2 is 1.83 bits per heavy atom. The lowest BCUT2D eigenvalue weighted by molar-refractivity contribution is 0.0702.